The molecule has 1 aromatic rings. The van der Waals surface area contributed by atoms with Crippen molar-refractivity contribution in [3.63, 3.8) is 0 Å². The number of thioether (sulfide) groups is 1. The second-order valence-electron chi connectivity index (χ2n) is 4.27. The van der Waals surface area contributed by atoms with E-state index in [4.69, 9.17) is 10.2 Å². The summed E-state index contributed by atoms with van der Waals surface area (Å²) in [7, 11) is 0. The van der Waals surface area contributed by atoms with Crippen LogP contribution < -0.4 is 0 Å². The van der Waals surface area contributed by atoms with Gasteiger partial charge in [-0.2, -0.15) is 0 Å². The normalized spacial score (nSPS) is 17.4. The first-order valence-electron chi connectivity index (χ1n) is 6.17. The lowest BCUT2D eigenvalue weighted by Gasteiger charge is -2.21. The molecule has 6 heteroatoms. The van der Waals surface area contributed by atoms with Gasteiger partial charge in [0.25, 0.3) is 5.91 Å². The number of carboxylic acids is 1. The Morgan fingerprint density at radius 3 is 2.60 bits per heavy atom. The van der Waals surface area contributed by atoms with Gasteiger partial charge in [0.05, 0.1) is 6.61 Å². The molecule has 20 heavy (non-hydrogen) atoms. The van der Waals surface area contributed by atoms with Crippen molar-refractivity contribution in [2.75, 3.05) is 18.9 Å². The molecule has 1 aliphatic rings. The molecule has 0 unspecified atom stereocenters. The minimum atomic E-state index is -1.03. The number of benzene rings is 1. The minimum Gasteiger partial charge on any atom is -0.479 e. The quantitative estimate of drug-likeness (QED) is 0.631. The van der Waals surface area contributed by atoms with Crippen molar-refractivity contribution < 1.29 is 19.8 Å². The molecule has 1 heterocycles. The first-order valence-corrected chi connectivity index (χ1v) is 7.16. The Morgan fingerprint density at radius 2 is 2.00 bits per heavy atom. The number of hydrogen-bond donors (Lipinski definition) is 2. The van der Waals surface area contributed by atoms with E-state index in [1.54, 1.807) is 30.3 Å². The predicted octanol–water partition coefficient (Wildman–Crippen LogP) is 1.24. The Hall–Kier alpha value is -1.79. The first-order chi connectivity index (χ1) is 9.63. The van der Waals surface area contributed by atoms with Crippen LogP contribution in [0.4, 0.5) is 0 Å². The van der Waals surface area contributed by atoms with Crippen LogP contribution in [-0.4, -0.2) is 51.9 Å². The number of carbonyl (C=O) groups excluding carboxylic acids is 1. The maximum absolute atomic E-state index is 12.3. The van der Waals surface area contributed by atoms with E-state index < -0.39 is 12.0 Å². The van der Waals surface area contributed by atoms with Crippen LogP contribution >= 0.6 is 11.8 Å². The van der Waals surface area contributed by atoms with Crippen LogP contribution in [0, 0.1) is 0 Å². The van der Waals surface area contributed by atoms with Crippen LogP contribution in [0.15, 0.2) is 41.3 Å². The molecule has 0 saturated carbocycles. The molecule has 0 aliphatic carbocycles. The van der Waals surface area contributed by atoms with E-state index in [0.717, 1.165) is 4.90 Å². The van der Waals surface area contributed by atoms with Gasteiger partial charge in [-0.25, -0.2) is 4.79 Å². The molecule has 1 aliphatic heterocycles. The highest BCUT2D eigenvalue weighted by molar-refractivity contribution is 7.99. The summed E-state index contributed by atoms with van der Waals surface area (Å²) in [6.45, 7) is 0.419. The van der Waals surface area contributed by atoms with E-state index in [2.05, 4.69) is 0 Å². The summed E-state index contributed by atoms with van der Waals surface area (Å²) in [5.74, 6) is -0.715. The summed E-state index contributed by atoms with van der Waals surface area (Å²) in [6, 6.07) is 6.07. The summed E-state index contributed by atoms with van der Waals surface area (Å²) >= 11 is 1.50. The second kappa shape index (κ2) is 6.58. The van der Waals surface area contributed by atoms with Gasteiger partial charge in [-0.3, -0.25) is 4.79 Å². The summed E-state index contributed by atoms with van der Waals surface area (Å²) in [6.07, 6.45) is 3.20. The highest BCUT2D eigenvalue weighted by Crippen LogP contribution is 2.20. The van der Waals surface area contributed by atoms with E-state index in [1.165, 1.54) is 22.7 Å². The molecule has 0 aromatic heterocycles. The van der Waals surface area contributed by atoms with Crippen molar-refractivity contribution in [1.29, 1.82) is 0 Å². The third kappa shape index (κ3) is 3.20. The van der Waals surface area contributed by atoms with Gasteiger partial charge in [-0.15, -0.1) is 11.8 Å². The predicted molar refractivity (Wildman–Crippen MR) is 75.9 cm³/mol. The van der Waals surface area contributed by atoms with Crippen LogP contribution in [0.2, 0.25) is 0 Å². The van der Waals surface area contributed by atoms with E-state index in [-0.39, 0.29) is 12.5 Å². The molecule has 0 fully saturated rings. The number of carbonyl (C=O) groups is 2. The highest BCUT2D eigenvalue weighted by Gasteiger charge is 2.30. The van der Waals surface area contributed by atoms with E-state index >= 15 is 0 Å². The Bertz CT molecular complexity index is 526. The molecule has 5 nitrogen and oxygen atoms in total. The number of nitrogens with zero attached hydrogens (tertiary/aromatic N) is 1. The van der Waals surface area contributed by atoms with Crippen molar-refractivity contribution in [2.24, 2.45) is 0 Å². The SMILES string of the molecule is O=C(O)[C@@H]1C=CCN1C(=O)c1ccc(SCCO)cc1. The fraction of sp³-hybridized carbons (Fsp3) is 0.286. The zero-order chi connectivity index (χ0) is 14.5. The van der Waals surface area contributed by atoms with Gasteiger partial charge in [-0.1, -0.05) is 12.2 Å². The van der Waals surface area contributed by atoms with Gasteiger partial charge in [0, 0.05) is 22.8 Å². The van der Waals surface area contributed by atoms with Crippen molar-refractivity contribution in [2.45, 2.75) is 10.9 Å². The fourth-order valence-corrected chi connectivity index (χ4v) is 2.62. The molecule has 1 atom stereocenters. The molecule has 2 N–H and O–H groups in total. The Balaban J connectivity index is 2.07. The van der Waals surface area contributed by atoms with Gasteiger partial charge < -0.3 is 15.1 Å². The third-order valence-corrected chi connectivity index (χ3v) is 3.92. The number of hydrogen-bond acceptors (Lipinski definition) is 4. The summed E-state index contributed by atoms with van der Waals surface area (Å²) in [5, 5.41) is 17.8. The maximum atomic E-state index is 12.3. The Morgan fingerprint density at radius 1 is 1.30 bits per heavy atom. The molecular formula is C14H15NO4S. The van der Waals surface area contributed by atoms with Crippen LogP contribution in [0.5, 0.6) is 0 Å². The molecule has 1 aromatic carbocycles. The number of aliphatic hydroxyl groups is 1. The van der Waals surface area contributed by atoms with Crippen LogP contribution in [-0.2, 0) is 4.79 Å². The number of aliphatic hydroxyl groups excluding tert-OH is 1. The molecule has 0 saturated heterocycles. The average Bonchev–Trinajstić information content (AvgIpc) is 2.94. The average molecular weight is 293 g/mol. The van der Waals surface area contributed by atoms with E-state index in [0.29, 0.717) is 17.9 Å². The molecular weight excluding hydrogens is 278 g/mol. The first kappa shape index (κ1) is 14.6. The van der Waals surface area contributed by atoms with Crippen LogP contribution in [0.3, 0.4) is 0 Å². The van der Waals surface area contributed by atoms with Gasteiger partial charge in [0.2, 0.25) is 0 Å². The standard InChI is InChI=1S/C14H15NO4S/c16-8-9-20-11-5-3-10(4-6-11)13(17)15-7-1-2-12(15)14(18)19/h1-6,12,16H,7-9H2,(H,18,19)/t12-/m0/s1. The van der Waals surface area contributed by atoms with Crippen molar-refractivity contribution >= 4 is 23.6 Å². The zero-order valence-electron chi connectivity index (χ0n) is 10.7. The highest BCUT2D eigenvalue weighted by atomic mass is 32.2. The monoisotopic (exact) mass is 293 g/mol. The third-order valence-electron chi connectivity index (χ3n) is 2.93. The van der Waals surface area contributed by atoms with Crippen molar-refractivity contribution in [3.8, 4) is 0 Å². The number of carboxylic acid groups (broad SMARTS) is 1. The lowest BCUT2D eigenvalue weighted by molar-refractivity contribution is -0.140. The topological polar surface area (TPSA) is 77.8 Å². The van der Waals surface area contributed by atoms with Crippen molar-refractivity contribution in [1.82, 2.24) is 4.90 Å². The summed E-state index contributed by atoms with van der Waals surface area (Å²) in [5.41, 5.74) is 0.466. The van der Waals surface area contributed by atoms with Crippen LogP contribution in [0.25, 0.3) is 0 Å². The molecule has 0 spiro atoms. The smallest absolute Gasteiger partial charge is 0.330 e. The van der Waals surface area contributed by atoms with E-state index in [9.17, 15) is 9.59 Å². The van der Waals surface area contributed by atoms with Gasteiger partial charge in [0.15, 0.2) is 0 Å². The largest absolute Gasteiger partial charge is 0.479 e. The van der Waals surface area contributed by atoms with Crippen molar-refractivity contribution in [3.05, 3.63) is 42.0 Å². The number of amides is 1. The number of aliphatic carboxylic acids is 1. The summed E-state index contributed by atoms with van der Waals surface area (Å²) in [4.78, 5) is 25.6. The summed E-state index contributed by atoms with van der Waals surface area (Å²) < 4.78 is 0. The molecule has 0 bridgehead atoms. The Labute approximate surface area is 120 Å². The minimum absolute atomic E-state index is 0.102. The lowest BCUT2D eigenvalue weighted by Crippen LogP contribution is -2.40. The van der Waals surface area contributed by atoms with Crippen LogP contribution in [0.1, 0.15) is 10.4 Å². The zero-order valence-corrected chi connectivity index (χ0v) is 11.5. The molecule has 0 radical (unpaired) electrons. The molecule has 106 valence electrons. The van der Waals surface area contributed by atoms with E-state index in [1.807, 2.05) is 0 Å². The maximum Gasteiger partial charge on any atom is 0.330 e. The second-order valence-corrected chi connectivity index (χ2v) is 5.43. The van der Waals surface area contributed by atoms with Gasteiger partial charge in [-0.05, 0) is 24.3 Å². The lowest BCUT2D eigenvalue weighted by atomic mass is 10.2. The molecule has 1 amide bonds. The molecule has 2 rings (SSSR count). The fourth-order valence-electron chi connectivity index (χ4n) is 1.97. The van der Waals surface area contributed by atoms with Gasteiger partial charge >= 0.3 is 5.97 Å². The Kier molecular flexibility index (Phi) is 4.81. The van der Waals surface area contributed by atoms with Gasteiger partial charge in [0.1, 0.15) is 6.04 Å². The number of rotatable bonds is 5.